The molecule has 2 rings (SSSR count). The first kappa shape index (κ1) is 6.40. The summed E-state index contributed by atoms with van der Waals surface area (Å²) >= 11 is 0. The highest BCUT2D eigenvalue weighted by Gasteiger charge is 1.94. The molecule has 0 amide bonds. The van der Waals surface area contributed by atoms with Crippen molar-refractivity contribution in [2.45, 2.75) is 6.67 Å². The number of benzene rings is 1. The second-order valence-corrected chi connectivity index (χ2v) is 2.53. The lowest BCUT2D eigenvalue weighted by Crippen LogP contribution is -1.76. The number of hydrogen-bond donors (Lipinski definition) is 1. The summed E-state index contributed by atoms with van der Waals surface area (Å²) in [7, 11) is 0. The minimum absolute atomic E-state index is 0.388. The molecule has 0 spiro atoms. The molecule has 1 aromatic carbocycles. The average Bonchev–Trinajstić information content (AvgIpc) is 2.50. The maximum Gasteiger partial charge on any atom is 0.115 e. The summed E-state index contributed by atoms with van der Waals surface area (Å²) in [5.74, 6) is 0. The zero-order valence-electron chi connectivity index (χ0n) is 5.97. The van der Waals surface area contributed by atoms with Crippen LogP contribution < -0.4 is 0 Å². The van der Waals surface area contributed by atoms with Crippen LogP contribution in [0.15, 0.2) is 30.5 Å². The van der Waals surface area contributed by atoms with Gasteiger partial charge in [0.1, 0.15) is 6.67 Å². The molecular weight excluding hydrogens is 141 g/mol. The van der Waals surface area contributed by atoms with Crippen molar-refractivity contribution in [3.8, 4) is 0 Å². The van der Waals surface area contributed by atoms with Crippen molar-refractivity contribution in [3.63, 3.8) is 0 Å². The largest absolute Gasteiger partial charge is 0.361 e. The molecule has 56 valence electrons. The lowest BCUT2D eigenvalue weighted by molar-refractivity contribution is 0.485. The van der Waals surface area contributed by atoms with E-state index in [0.29, 0.717) is 0 Å². The number of nitrogens with one attached hydrogen (secondary N) is 1. The van der Waals surface area contributed by atoms with Crippen LogP contribution >= 0.6 is 0 Å². The number of halogens is 1. The lowest BCUT2D eigenvalue weighted by Gasteiger charge is -1.93. The molecule has 2 heteroatoms. The van der Waals surface area contributed by atoms with Gasteiger partial charge in [-0.2, -0.15) is 0 Å². The van der Waals surface area contributed by atoms with E-state index in [2.05, 4.69) is 4.98 Å². The average molecular weight is 149 g/mol. The Bertz CT molecular complexity index is 364. The van der Waals surface area contributed by atoms with Crippen molar-refractivity contribution < 1.29 is 4.39 Å². The summed E-state index contributed by atoms with van der Waals surface area (Å²) in [6.07, 6.45) is 1.85. The second-order valence-electron chi connectivity index (χ2n) is 2.53. The molecule has 0 aliphatic heterocycles. The Morgan fingerprint density at radius 3 is 3.00 bits per heavy atom. The molecule has 1 nitrogen and oxygen atoms in total. The van der Waals surface area contributed by atoms with Gasteiger partial charge in [0, 0.05) is 11.7 Å². The van der Waals surface area contributed by atoms with Gasteiger partial charge in [-0.15, -0.1) is 0 Å². The lowest BCUT2D eigenvalue weighted by atomic mass is 10.2. The molecule has 1 N–H and O–H groups in total. The highest BCUT2D eigenvalue weighted by Crippen LogP contribution is 2.14. The highest BCUT2D eigenvalue weighted by atomic mass is 19.1. The van der Waals surface area contributed by atoms with Crippen LogP contribution in [0.5, 0.6) is 0 Å². The molecule has 0 bridgehead atoms. The first-order chi connectivity index (χ1) is 5.40. The van der Waals surface area contributed by atoms with Crippen LogP contribution in [0.3, 0.4) is 0 Å². The van der Waals surface area contributed by atoms with Gasteiger partial charge in [-0.3, -0.25) is 0 Å². The standard InChI is InChI=1S/C9H8FN/c10-6-7-1-2-9-8(5-7)3-4-11-9/h1-5,11H,6H2. The Balaban J connectivity index is 2.67. The number of hydrogen-bond acceptors (Lipinski definition) is 0. The van der Waals surface area contributed by atoms with Crippen molar-refractivity contribution in [3.05, 3.63) is 36.0 Å². The van der Waals surface area contributed by atoms with E-state index >= 15 is 0 Å². The van der Waals surface area contributed by atoms with E-state index in [1.165, 1.54) is 0 Å². The van der Waals surface area contributed by atoms with Crippen molar-refractivity contribution in [2.75, 3.05) is 0 Å². The SMILES string of the molecule is FCc1ccc2[nH]ccc2c1. The quantitative estimate of drug-likeness (QED) is 0.641. The number of fused-ring (bicyclic) bond motifs is 1. The van der Waals surface area contributed by atoms with Gasteiger partial charge in [0.2, 0.25) is 0 Å². The number of aromatic nitrogens is 1. The van der Waals surface area contributed by atoms with E-state index < -0.39 is 0 Å². The van der Waals surface area contributed by atoms with Crippen LogP contribution in [0, 0.1) is 0 Å². The summed E-state index contributed by atoms with van der Waals surface area (Å²) in [5, 5.41) is 1.07. The smallest absolute Gasteiger partial charge is 0.115 e. The third-order valence-electron chi connectivity index (χ3n) is 1.77. The van der Waals surface area contributed by atoms with E-state index in [0.717, 1.165) is 16.5 Å². The second kappa shape index (κ2) is 2.38. The van der Waals surface area contributed by atoms with Crippen LogP contribution in [-0.4, -0.2) is 4.98 Å². The third kappa shape index (κ3) is 1.00. The number of alkyl halides is 1. The van der Waals surface area contributed by atoms with Gasteiger partial charge < -0.3 is 4.98 Å². The van der Waals surface area contributed by atoms with Crippen LogP contribution in [-0.2, 0) is 6.67 Å². The third-order valence-corrected chi connectivity index (χ3v) is 1.77. The fourth-order valence-corrected chi connectivity index (χ4v) is 1.19. The molecule has 0 atom stereocenters. The van der Waals surface area contributed by atoms with E-state index in [9.17, 15) is 4.39 Å². The van der Waals surface area contributed by atoms with Crippen molar-refractivity contribution in [1.82, 2.24) is 4.98 Å². The predicted molar refractivity (Wildman–Crippen MR) is 43.1 cm³/mol. The number of H-pyrrole nitrogens is 1. The first-order valence-corrected chi connectivity index (χ1v) is 3.52. The van der Waals surface area contributed by atoms with E-state index in [1.54, 1.807) is 6.07 Å². The van der Waals surface area contributed by atoms with Gasteiger partial charge in [-0.1, -0.05) is 6.07 Å². The van der Waals surface area contributed by atoms with Gasteiger partial charge in [-0.05, 0) is 29.1 Å². The van der Waals surface area contributed by atoms with E-state index in [-0.39, 0.29) is 6.67 Å². The summed E-state index contributed by atoms with van der Waals surface area (Å²) in [6, 6.07) is 7.48. The Hall–Kier alpha value is -1.31. The number of rotatable bonds is 1. The van der Waals surface area contributed by atoms with Crippen LogP contribution in [0.25, 0.3) is 10.9 Å². The summed E-state index contributed by atoms with van der Waals surface area (Å²) in [5.41, 5.74) is 1.79. The van der Waals surface area contributed by atoms with Crippen LogP contribution in [0.2, 0.25) is 0 Å². The highest BCUT2D eigenvalue weighted by molar-refractivity contribution is 5.79. The zero-order chi connectivity index (χ0) is 7.68. The molecule has 2 aromatic rings. The van der Waals surface area contributed by atoms with E-state index in [4.69, 9.17) is 0 Å². The molecule has 11 heavy (non-hydrogen) atoms. The topological polar surface area (TPSA) is 15.8 Å². The Kier molecular flexibility index (Phi) is 1.39. The first-order valence-electron chi connectivity index (χ1n) is 3.52. The van der Waals surface area contributed by atoms with Gasteiger partial charge >= 0.3 is 0 Å². The summed E-state index contributed by atoms with van der Waals surface area (Å²) < 4.78 is 12.1. The van der Waals surface area contributed by atoms with Gasteiger partial charge in [0.25, 0.3) is 0 Å². The molecular formula is C9H8FN. The molecule has 0 saturated carbocycles. The number of aromatic amines is 1. The fourth-order valence-electron chi connectivity index (χ4n) is 1.19. The van der Waals surface area contributed by atoms with Crippen LogP contribution in [0.1, 0.15) is 5.56 Å². The molecule has 0 aliphatic carbocycles. The normalized spacial score (nSPS) is 10.6. The van der Waals surface area contributed by atoms with Crippen LogP contribution in [0.4, 0.5) is 4.39 Å². The van der Waals surface area contributed by atoms with E-state index in [1.807, 2.05) is 24.4 Å². The maximum atomic E-state index is 12.1. The molecule has 0 unspecified atom stereocenters. The molecule has 1 heterocycles. The van der Waals surface area contributed by atoms with Gasteiger partial charge in [0.15, 0.2) is 0 Å². The zero-order valence-corrected chi connectivity index (χ0v) is 5.97. The van der Waals surface area contributed by atoms with Gasteiger partial charge in [-0.25, -0.2) is 4.39 Å². The molecule has 0 radical (unpaired) electrons. The Morgan fingerprint density at radius 1 is 1.27 bits per heavy atom. The molecule has 0 aliphatic rings. The summed E-state index contributed by atoms with van der Waals surface area (Å²) in [6.45, 7) is -0.388. The van der Waals surface area contributed by atoms with Crippen molar-refractivity contribution >= 4 is 10.9 Å². The summed E-state index contributed by atoms with van der Waals surface area (Å²) in [4.78, 5) is 3.05. The fraction of sp³-hybridized carbons (Fsp3) is 0.111. The molecule has 1 aromatic heterocycles. The predicted octanol–water partition coefficient (Wildman–Crippen LogP) is 2.64. The Morgan fingerprint density at radius 2 is 2.18 bits per heavy atom. The Labute approximate surface area is 63.9 Å². The van der Waals surface area contributed by atoms with Crippen molar-refractivity contribution in [2.24, 2.45) is 0 Å². The minimum atomic E-state index is -0.388. The van der Waals surface area contributed by atoms with Gasteiger partial charge in [0.05, 0.1) is 0 Å². The molecule has 0 saturated heterocycles. The monoisotopic (exact) mass is 149 g/mol. The molecule has 0 fully saturated rings. The maximum absolute atomic E-state index is 12.1. The minimum Gasteiger partial charge on any atom is -0.361 e. The van der Waals surface area contributed by atoms with Crippen molar-refractivity contribution in [1.29, 1.82) is 0 Å².